The normalized spacial score (nSPS) is 12.7. The number of nitrogens with zero attached hydrogens (tertiary/aromatic N) is 1. The Kier molecular flexibility index (Phi) is 27.2. The van der Waals surface area contributed by atoms with Gasteiger partial charge in [0.15, 0.2) is 0 Å². The highest BCUT2D eigenvalue weighted by atomic mass is 15.1. The summed E-state index contributed by atoms with van der Waals surface area (Å²) in [5.74, 6) is 0. The van der Waals surface area contributed by atoms with Crippen molar-refractivity contribution in [2.45, 2.75) is 188 Å². The molecule has 0 aromatic carbocycles. The molecule has 0 radical (unpaired) electrons. The second-order valence-corrected chi connectivity index (χ2v) is 10.5. The molecule has 0 aliphatic carbocycles. The van der Waals surface area contributed by atoms with Crippen LogP contribution < -0.4 is 0 Å². The molecule has 194 valence electrons. The first-order valence-corrected chi connectivity index (χ1v) is 15.5. The lowest BCUT2D eigenvalue weighted by molar-refractivity contribution is 0.188. The molecule has 0 fully saturated rings. The van der Waals surface area contributed by atoms with Crippen molar-refractivity contribution in [1.82, 2.24) is 4.90 Å². The minimum atomic E-state index is 0.849. The largest absolute Gasteiger partial charge is 0.301 e. The topological polar surface area (TPSA) is 3.24 Å². The van der Waals surface area contributed by atoms with Crippen LogP contribution in [-0.2, 0) is 0 Å². The zero-order valence-corrected chi connectivity index (χ0v) is 23.4. The first-order chi connectivity index (χ1) is 15.8. The molecular weight excluding hydrogens is 386 g/mol. The van der Waals surface area contributed by atoms with Crippen molar-refractivity contribution in [3.63, 3.8) is 0 Å². The Morgan fingerprint density at radius 3 is 0.844 bits per heavy atom. The van der Waals surface area contributed by atoms with Crippen LogP contribution in [0, 0.1) is 0 Å². The Bertz CT molecular complexity index is 322. The van der Waals surface area contributed by atoms with Crippen molar-refractivity contribution >= 4 is 0 Å². The monoisotopic (exact) mass is 452 g/mol. The molecule has 0 spiro atoms. The zero-order chi connectivity index (χ0) is 23.5. The Morgan fingerprint density at radius 1 is 0.344 bits per heavy atom. The van der Waals surface area contributed by atoms with Crippen LogP contribution in [0.25, 0.3) is 0 Å². The minimum absolute atomic E-state index is 0.849. The average molecular weight is 452 g/mol. The fourth-order valence-electron chi connectivity index (χ4n) is 5.34. The van der Waals surface area contributed by atoms with Gasteiger partial charge in [0.25, 0.3) is 0 Å². The van der Waals surface area contributed by atoms with E-state index in [0.29, 0.717) is 0 Å². The van der Waals surface area contributed by atoms with Gasteiger partial charge in [-0.3, -0.25) is 0 Å². The fraction of sp³-hybridized carbons (Fsp3) is 1.00. The molecule has 0 saturated carbocycles. The summed E-state index contributed by atoms with van der Waals surface area (Å²) >= 11 is 0. The van der Waals surface area contributed by atoms with Gasteiger partial charge >= 0.3 is 0 Å². The highest BCUT2D eigenvalue weighted by Crippen LogP contribution is 2.19. The highest BCUT2D eigenvalue weighted by Gasteiger charge is 2.14. The molecule has 0 saturated heterocycles. The number of hydrogen-bond donors (Lipinski definition) is 0. The van der Waals surface area contributed by atoms with Gasteiger partial charge in [0.2, 0.25) is 0 Å². The van der Waals surface area contributed by atoms with Crippen molar-refractivity contribution in [2.24, 2.45) is 0 Å². The van der Waals surface area contributed by atoms with E-state index in [1.54, 1.807) is 0 Å². The fourth-order valence-corrected chi connectivity index (χ4v) is 5.34. The van der Waals surface area contributed by atoms with Gasteiger partial charge in [0, 0.05) is 6.04 Å². The molecular formula is C31H65N. The molecule has 32 heavy (non-hydrogen) atoms. The number of hydrogen-bond acceptors (Lipinski definition) is 1. The molecule has 0 rings (SSSR count). The highest BCUT2D eigenvalue weighted by molar-refractivity contribution is 4.70. The van der Waals surface area contributed by atoms with Crippen LogP contribution >= 0.6 is 0 Å². The van der Waals surface area contributed by atoms with Crippen molar-refractivity contribution in [1.29, 1.82) is 0 Å². The van der Waals surface area contributed by atoms with Crippen LogP contribution in [0.15, 0.2) is 0 Å². The van der Waals surface area contributed by atoms with E-state index < -0.39 is 0 Å². The zero-order valence-electron chi connectivity index (χ0n) is 23.4. The molecule has 0 aromatic heterocycles. The average Bonchev–Trinajstić information content (AvgIpc) is 2.81. The van der Waals surface area contributed by atoms with Gasteiger partial charge in [0.05, 0.1) is 0 Å². The minimum Gasteiger partial charge on any atom is -0.301 e. The van der Waals surface area contributed by atoms with Crippen LogP contribution in [-0.4, -0.2) is 24.0 Å². The van der Waals surface area contributed by atoms with E-state index in [2.05, 4.69) is 32.6 Å². The molecule has 0 N–H and O–H groups in total. The summed E-state index contributed by atoms with van der Waals surface area (Å²) in [5, 5.41) is 0. The maximum absolute atomic E-state index is 2.74. The summed E-state index contributed by atoms with van der Waals surface area (Å²) in [6, 6.07) is 0.849. The van der Waals surface area contributed by atoms with Crippen molar-refractivity contribution in [3.05, 3.63) is 0 Å². The van der Waals surface area contributed by atoms with E-state index in [1.807, 2.05) is 0 Å². The van der Waals surface area contributed by atoms with Crippen molar-refractivity contribution in [3.8, 4) is 0 Å². The van der Waals surface area contributed by atoms with E-state index >= 15 is 0 Å². The summed E-state index contributed by atoms with van der Waals surface area (Å²) in [5.41, 5.74) is 0. The molecule has 0 bridgehead atoms. The molecule has 1 atom stereocenters. The van der Waals surface area contributed by atoms with Crippen LogP contribution in [0.1, 0.15) is 182 Å². The Labute approximate surface area is 205 Å². The lowest BCUT2D eigenvalue weighted by atomic mass is 9.98. The molecule has 1 heteroatoms. The van der Waals surface area contributed by atoms with E-state index in [1.165, 1.54) is 167 Å². The lowest BCUT2D eigenvalue weighted by Crippen LogP contribution is -2.35. The van der Waals surface area contributed by atoms with Crippen LogP contribution in [0.2, 0.25) is 0 Å². The van der Waals surface area contributed by atoms with Crippen LogP contribution in [0.4, 0.5) is 0 Å². The third-order valence-corrected chi connectivity index (χ3v) is 7.61. The van der Waals surface area contributed by atoms with E-state index in [4.69, 9.17) is 0 Å². The second-order valence-electron chi connectivity index (χ2n) is 10.5. The lowest BCUT2D eigenvalue weighted by Gasteiger charge is -2.30. The molecule has 0 aromatic rings. The molecule has 0 heterocycles. The summed E-state index contributed by atoms with van der Waals surface area (Å²) in [6.07, 6.45) is 34.9. The van der Waals surface area contributed by atoms with Crippen molar-refractivity contribution < 1.29 is 0 Å². The van der Waals surface area contributed by atoms with E-state index in [-0.39, 0.29) is 0 Å². The Hall–Kier alpha value is -0.0400. The van der Waals surface area contributed by atoms with Gasteiger partial charge in [-0.25, -0.2) is 0 Å². The van der Waals surface area contributed by atoms with E-state index in [0.717, 1.165) is 6.04 Å². The first kappa shape index (κ1) is 32.0. The van der Waals surface area contributed by atoms with Gasteiger partial charge < -0.3 is 4.90 Å². The third-order valence-electron chi connectivity index (χ3n) is 7.61. The predicted octanol–water partition coefficient (Wildman–Crippen LogP) is 11.1. The maximum Gasteiger partial charge on any atom is 0.00950 e. The summed E-state index contributed by atoms with van der Waals surface area (Å²) in [4.78, 5) is 2.74. The maximum atomic E-state index is 2.74. The van der Waals surface area contributed by atoms with E-state index in [9.17, 15) is 0 Å². The summed E-state index contributed by atoms with van der Waals surface area (Å²) in [6.45, 7) is 11.8. The van der Waals surface area contributed by atoms with Crippen LogP contribution in [0.5, 0.6) is 0 Å². The van der Waals surface area contributed by atoms with Gasteiger partial charge in [-0.1, -0.05) is 169 Å². The second kappa shape index (κ2) is 27.2. The van der Waals surface area contributed by atoms with Crippen molar-refractivity contribution in [2.75, 3.05) is 13.1 Å². The van der Waals surface area contributed by atoms with Gasteiger partial charge in [-0.15, -0.1) is 0 Å². The van der Waals surface area contributed by atoms with Gasteiger partial charge in [-0.2, -0.15) is 0 Å². The first-order valence-electron chi connectivity index (χ1n) is 15.5. The standard InChI is InChI=1S/C31H65N/c1-5-9-11-13-15-17-18-19-20-21-22-24-26-28-30-31(32(7-3)8-4)29-27-25-23-16-14-12-10-6-2/h31H,5-30H2,1-4H3. The SMILES string of the molecule is CCCCCCCCCCCCCCCCC(CCCCCCCCCC)N(CC)CC. The predicted molar refractivity (Wildman–Crippen MR) is 149 cm³/mol. The third kappa shape index (κ3) is 21.8. The Balaban J connectivity index is 3.64. The molecule has 0 aliphatic heterocycles. The molecule has 0 amide bonds. The van der Waals surface area contributed by atoms with Gasteiger partial charge in [0.1, 0.15) is 0 Å². The number of unbranched alkanes of at least 4 members (excludes halogenated alkanes) is 20. The Morgan fingerprint density at radius 2 is 0.594 bits per heavy atom. The summed E-state index contributed by atoms with van der Waals surface area (Å²) < 4.78 is 0. The molecule has 0 aliphatic rings. The number of rotatable bonds is 27. The molecule has 1 unspecified atom stereocenters. The molecule has 1 nitrogen and oxygen atoms in total. The van der Waals surface area contributed by atoms with Gasteiger partial charge in [-0.05, 0) is 25.9 Å². The van der Waals surface area contributed by atoms with Crippen LogP contribution in [0.3, 0.4) is 0 Å². The smallest absolute Gasteiger partial charge is 0.00950 e. The quantitative estimate of drug-likeness (QED) is 0.112. The summed E-state index contributed by atoms with van der Waals surface area (Å²) in [7, 11) is 0.